The number of carbonyl (C=O) groups excluding carboxylic acids is 3. The van der Waals surface area contributed by atoms with Crippen molar-refractivity contribution in [1.29, 1.82) is 0 Å². The van der Waals surface area contributed by atoms with Gasteiger partial charge in [0.05, 0.1) is 12.3 Å². The van der Waals surface area contributed by atoms with E-state index in [1.54, 1.807) is 12.1 Å². The van der Waals surface area contributed by atoms with E-state index in [9.17, 15) is 14.4 Å². The first kappa shape index (κ1) is 17.9. The van der Waals surface area contributed by atoms with Gasteiger partial charge in [-0.1, -0.05) is 19.1 Å². The van der Waals surface area contributed by atoms with E-state index in [4.69, 9.17) is 4.74 Å². The molecule has 0 unspecified atom stereocenters. The van der Waals surface area contributed by atoms with Crippen molar-refractivity contribution in [1.82, 2.24) is 5.32 Å². The Morgan fingerprint density at radius 2 is 1.75 bits per heavy atom. The van der Waals surface area contributed by atoms with E-state index in [-0.39, 0.29) is 17.7 Å². The van der Waals surface area contributed by atoms with E-state index < -0.39 is 0 Å². The van der Waals surface area contributed by atoms with E-state index in [1.165, 1.54) is 12.2 Å². The van der Waals surface area contributed by atoms with Gasteiger partial charge < -0.3 is 10.1 Å². The lowest BCUT2D eigenvalue weighted by Gasteiger charge is -2.14. The monoisotopic (exact) mass is 330 g/mol. The second-order valence-electron chi connectivity index (χ2n) is 5.47. The molecule has 6 heteroatoms. The summed E-state index contributed by atoms with van der Waals surface area (Å²) in [6.07, 6.45) is 4.46. The van der Waals surface area contributed by atoms with Gasteiger partial charge in [0, 0.05) is 31.7 Å². The minimum Gasteiger partial charge on any atom is -0.380 e. The van der Waals surface area contributed by atoms with Crippen LogP contribution in [-0.4, -0.2) is 37.5 Å². The summed E-state index contributed by atoms with van der Waals surface area (Å²) >= 11 is 0. The van der Waals surface area contributed by atoms with Crippen molar-refractivity contribution >= 4 is 23.4 Å². The molecule has 0 spiro atoms. The van der Waals surface area contributed by atoms with Crippen LogP contribution in [0.15, 0.2) is 36.4 Å². The third-order valence-electron chi connectivity index (χ3n) is 3.56. The molecule has 1 heterocycles. The molecule has 2 rings (SSSR count). The Kier molecular flexibility index (Phi) is 6.69. The van der Waals surface area contributed by atoms with Crippen LogP contribution in [0.25, 0.3) is 0 Å². The molecule has 0 aliphatic carbocycles. The molecule has 3 amide bonds. The van der Waals surface area contributed by atoms with Crippen molar-refractivity contribution in [2.45, 2.75) is 26.2 Å². The van der Waals surface area contributed by atoms with Gasteiger partial charge >= 0.3 is 0 Å². The molecule has 0 bridgehead atoms. The number of nitrogens with zero attached hydrogens (tertiary/aromatic N) is 1. The van der Waals surface area contributed by atoms with Crippen LogP contribution < -0.4 is 10.2 Å². The summed E-state index contributed by atoms with van der Waals surface area (Å²) < 4.78 is 5.30. The van der Waals surface area contributed by atoms with Gasteiger partial charge in [0.25, 0.3) is 11.8 Å². The van der Waals surface area contributed by atoms with Crippen molar-refractivity contribution in [3.63, 3.8) is 0 Å². The molecule has 0 fully saturated rings. The number of ether oxygens (including phenoxy) is 1. The van der Waals surface area contributed by atoms with Crippen LogP contribution in [0.1, 0.15) is 25.3 Å². The maximum atomic E-state index is 11.7. The minimum atomic E-state index is -0.336. The molecule has 1 aromatic carbocycles. The molecule has 0 atom stereocenters. The first-order valence-electron chi connectivity index (χ1n) is 8.11. The van der Waals surface area contributed by atoms with Crippen LogP contribution in [0, 0.1) is 0 Å². The number of anilines is 1. The zero-order valence-electron chi connectivity index (χ0n) is 13.8. The summed E-state index contributed by atoms with van der Waals surface area (Å²) in [7, 11) is 0. The van der Waals surface area contributed by atoms with Crippen LogP contribution >= 0.6 is 0 Å². The highest BCUT2D eigenvalue weighted by molar-refractivity contribution is 6.28. The molecule has 1 aliphatic rings. The van der Waals surface area contributed by atoms with Crippen LogP contribution in [0.3, 0.4) is 0 Å². The number of imide groups is 1. The summed E-state index contributed by atoms with van der Waals surface area (Å²) in [6, 6.07) is 7.08. The molecule has 128 valence electrons. The molecule has 6 nitrogen and oxygen atoms in total. The van der Waals surface area contributed by atoms with E-state index in [1.807, 2.05) is 19.1 Å². The van der Waals surface area contributed by atoms with E-state index >= 15 is 0 Å². The van der Waals surface area contributed by atoms with Gasteiger partial charge in [-0.15, -0.1) is 0 Å². The normalized spacial score (nSPS) is 13.6. The van der Waals surface area contributed by atoms with E-state index in [0.717, 1.165) is 16.9 Å². The minimum absolute atomic E-state index is 0.0201. The van der Waals surface area contributed by atoms with Crippen LogP contribution in [0.2, 0.25) is 0 Å². The van der Waals surface area contributed by atoms with Crippen molar-refractivity contribution in [3.8, 4) is 0 Å². The third kappa shape index (κ3) is 5.03. The SMILES string of the molecule is CCCOCCNC(=O)CCc1ccc(N2C(=O)C=CC2=O)cc1. The number of rotatable bonds is 9. The summed E-state index contributed by atoms with van der Waals surface area (Å²) in [6.45, 7) is 3.79. The van der Waals surface area contributed by atoms with Crippen LogP contribution in [-0.2, 0) is 25.5 Å². The molecule has 0 aromatic heterocycles. The highest BCUT2D eigenvalue weighted by Crippen LogP contribution is 2.19. The summed E-state index contributed by atoms with van der Waals surface area (Å²) in [5.41, 5.74) is 1.51. The van der Waals surface area contributed by atoms with E-state index in [0.29, 0.717) is 38.3 Å². The zero-order valence-corrected chi connectivity index (χ0v) is 13.8. The highest BCUT2D eigenvalue weighted by Gasteiger charge is 2.24. The standard InChI is InChI=1S/C18H22N2O4/c1-2-12-24-13-11-19-16(21)8-5-14-3-6-15(7-4-14)20-17(22)9-10-18(20)23/h3-4,6-7,9-10H,2,5,8,11-13H2,1H3,(H,19,21). The van der Waals surface area contributed by atoms with Gasteiger partial charge in [0.2, 0.25) is 5.91 Å². The van der Waals surface area contributed by atoms with Gasteiger partial charge in [-0.05, 0) is 30.5 Å². The Morgan fingerprint density at radius 1 is 1.08 bits per heavy atom. The number of aryl methyl sites for hydroxylation is 1. The van der Waals surface area contributed by atoms with Gasteiger partial charge in [0.15, 0.2) is 0 Å². The van der Waals surface area contributed by atoms with Crippen LogP contribution in [0.4, 0.5) is 5.69 Å². The third-order valence-corrected chi connectivity index (χ3v) is 3.56. The fourth-order valence-electron chi connectivity index (χ4n) is 2.32. The molecule has 1 aromatic rings. The summed E-state index contributed by atoms with van der Waals surface area (Å²) in [4.78, 5) is 36.1. The summed E-state index contributed by atoms with van der Waals surface area (Å²) in [5.74, 6) is -0.692. The van der Waals surface area contributed by atoms with Gasteiger partial charge in [-0.3, -0.25) is 14.4 Å². The summed E-state index contributed by atoms with van der Waals surface area (Å²) in [5, 5.41) is 2.81. The highest BCUT2D eigenvalue weighted by atomic mass is 16.5. The lowest BCUT2D eigenvalue weighted by Crippen LogP contribution is -2.29. The molecule has 1 aliphatic heterocycles. The number of amides is 3. The zero-order chi connectivity index (χ0) is 17.4. The fourth-order valence-corrected chi connectivity index (χ4v) is 2.32. The average molecular weight is 330 g/mol. The van der Waals surface area contributed by atoms with Crippen molar-refractivity contribution < 1.29 is 19.1 Å². The number of carbonyl (C=O) groups is 3. The second-order valence-corrected chi connectivity index (χ2v) is 5.47. The largest absolute Gasteiger partial charge is 0.380 e. The predicted molar refractivity (Wildman–Crippen MR) is 90.5 cm³/mol. The fraction of sp³-hybridized carbons (Fsp3) is 0.389. The first-order chi connectivity index (χ1) is 11.6. The number of hydrogen-bond donors (Lipinski definition) is 1. The Hall–Kier alpha value is -2.47. The van der Waals surface area contributed by atoms with Crippen molar-refractivity contribution in [2.75, 3.05) is 24.7 Å². The number of hydrogen-bond acceptors (Lipinski definition) is 4. The Morgan fingerprint density at radius 3 is 2.38 bits per heavy atom. The molecular formula is C18H22N2O4. The maximum Gasteiger partial charge on any atom is 0.258 e. The topological polar surface area (TPSA) is 75.7 Å². The maximum absolute atomic E-state index is 11.7. The van der Waals surface area contributed by atoms with E-state index in [2.05, 4.69) is 5.32 Å². The molecule has 0 saturated heterocycles. The molecular weight excluding hydrogens is 308 g/mol. The lowest BCUT2D eigenvalue weighted by molar-refractivity contribution is -0.121. The predicted octanol–water partition coefficient (Wildman–Crippen LogP) is 1.59. The van der Waals surface area contributed by atoms with Gasteiger partial charge in [-0.25, -0.2) is 4.90 Å². The van der Waals surface area contributed by atoms with Crippen LogP contribution in [0.5, 0.6) is 0 Å². The molecule has 0 radical (unpaired) electrons. The second kappa shape index (κ2) is 8.98. The smallest absolute Gasteiger partial charge is 0.258 e. The average Bonchev–Trinajstić information content (AvgIpc) is 2.92. The Bertz CT molecular complexity index is 604. The van der Waals surface area contributed by atoms with Crippen molar-refractivity contribution in [3.05, 3.63) is 42.0 Å². The number of nitrogens with one attached hydrogen (secondary N) is 1. The lowest BCUT2D eigenvalue weighted by atomic mass is 10.1. The Balaban J connectivity index is 1.75. The quantitative estimate of drug-likeness (QED) is 0.551. The Labute approximate surface area is 141 Å². The van der Waals surface area contributed by atoms with Gasteiger partial charge in [0.1, 0.15) is 0 Å². The van der Waals surface area contributed by atoms with Crippen molar-refractivity contribution in [2.24, 2.45) is 0 Å². The molecule has 0 saturated carbocycles. The first-order valence-corrected chi connectivity index (χ1v) is 8.11. The van der Waals surface area contributed by atoms with Gasteiger partial charge in [-0.2, -0.15) is 0 Å². The molecule has 1 N–H and O–H groups in total. The number of benzene rings is 1. The molecule has 24 heavy (non-hydrogen) atoms.